The number of aryl methyl sites for hydroxylation is 1. The molecule has 9 nitrogen and oxygen atoms in total. The molecule has 1 aromatic rings. The molecule has 1 aromatic carbocycles. The second-order valence-corrected chi connectivity index (χ2v) is 8.90. The van der Waals surface area contributed by atoms with Crippen LogP contribution in [0.2, 0.25) is 0 Å². The van der Waals surface area contributed by atoms with Crippen LogP contribution in [-0.2, 0) is 42.5 Å². The Morgan fingerprint density at radius 3 is 1.73 bits per heavy atom. The smallest absolute Gasteiger partial charge is 0.369 e. The highest BCUT2D eigenvalue weighted by molar-refractivity contribution is 7.96. The summed E-state index contributed by atoms with van der Waals surface area (Å²) in [5.74, 6) is -2.78. The average molecular weight is 406 g/mol. The molecule has 144 valence electrons. The highest BCUT2D eigenvalue weighted by Gasteiger charge is 2.45. The van der Waals surface area contributed by atoms with E-state index in [-0.39, 0.29) is 4.90 Å². The first-order chi connectivity index (χ1) is 12.1. The SMILES string of the molecule is COC(=O)/C(=C(/C(=O)OC)S(=O)(=O)c1ccc(C)cc1)P(=O)(OC)OC. The maximum atomic E-state index is 13.0. The molecule has 0 unspecified atom stereocenters. The van der Waals surface area contributed by atoms with Crippen LogP contribution in [0, 0.1) is 6.92 Å². The van der Waals surface area contributed by atoms with Crippen LogP contribution >= 0.6 is 7.60 Å². The predicted octanol–water partition coefficient (Wildman–Crippen LogP) is 1.81. The Morgan fingerprint density at radius 1 is 0.885 bits per heavy atom. The Balaban J connectivity index is 3.98. The number of rotatable bonds is 7. The third-order valence-electron chi connectivity index (χ3n) is 3.32. The lowest BCUT2D eigenvalue weighted by Crippen LogP contribution is -2.22. The molecule has 1 rings (SSSR count). The Labute approximate surface area is 151 Å². The quantitative estimate of drug-likeness (QED) is 0.379. The number of hydrogen-bond donors (Lipinski definition) is 0. The topological polar surface area (TPSA) is 122 Å². The Bertz CT molecular complexity index is 861. The highest BCUT2D eigenvalue weighted by atomic mass is 32.2. The molecule has 26 heavy (non-hydrogen) atoms. The molecular formula is C15H19O9PS. The van der Waals surface area contributed by atoms with Gasteiger partial charge in [-0.1, -0.05) is 17.7 Å². The fourth-order valence-corrected chi connectivity index (χ4v) is 5.18. The monoisotopic (exact) mass is 406 g/mol. The molecule has 0 atom stereocenters. The largest absolute Gasteiger partial charge is 0.465 e. The molecule has 0 aromatic heterocycles. The van der Waals surface area contributed by atoms with Gasteiger partial charge in [-0.05, 0) is 19.1 Å². The van der Waals surface area contributed by atoms with Gasteiger partial charge in [-0.2, -0.15) is 0 Å². The third-order valence-corrected chi connectivity index (χ3v) is 7.19. The van der Waals surface area contributed by atoms with E-state index < -0.39 is 39.6 Å². The van der Waals surface area contributed by atoms with Gasteiger partial charge in [0.2, 0.25) is 9.84 Å². The molecule has 11 heteroatoms. The van der Waals surface area contributed by atoms with E-state index in [1.165, 1.54) is 24.3 Å². The minimum atomic E-state index is -4.61. The predicted molar refractivity (Wildman–Crippen MR) is 91.0 cm³/mol. The van der Waals surface area contributed by atoms with E-state index in [2.05, 4.69) is 9.47 Å². The molecular weight excluding hydrogens is 387 g/mol. The van der Waals surface area contributed by atoms with Gasteiger partial charge in [0, 0.05) is 14.2 Å². The zero-order chi connectivity index (χ0) is 20.1. The molecule has 0 spiro atoms. The van der Waals surface area contributed by atoms with Gasteiger partial charge in [-0.15, -0.1) is 0 Å². The van der Waals surface area contributed by atoms with Crippen LogP contribution in [0.4, 0.5) is 0 Å². The zero-order valence-electron chi connectivity index (χ0n) is 14.8. The van der Waals surface area contributed by atoms with E-state index >= 15 is 0 Å². The number of carbonyl (C=O) groups excluding carboxylic acids is 2. The van der Waals surface area contributed by atoms with Gasteiger partial charge in [0.15, 0.2) is 10.2 Å². The van der Waals surface area contributed by atoms with Gasteiger partial charge >= 0.3 is 19.5 Å². The molecule has 0 amide bonds. The van der Waals surface area contributed by atoms with Crippen molar-refractivity contribution in [2.24, 2.45) is 0 Å². The van der Waals surface area contributed by atoms with Crippen LogP contribution in [0.5, 0.6) is 0 Å². The van der Waals surface area contributed by atoms with Crippen molar-refractivity contribution < 1.29 is 41.1 Å². The highest BCUT2D eigenvalue weighted by Crippen LogP contribution is 2.57. The van der Waals surface area contributed by atoms with Crippen molar-refractivity contribution >= 4 is 29.4 Å². The van der Waals surface area contributed by atoms with Crippen LogP contribution in [0.3, 0.4) is 0 Å². The van der Waals surface area contributed by atoms with E-state index in [4.69, 9.17) is 9.05 Å². The molecule has 0 fully saturated rings. The third kappa shape index (κ3) is 4.21. The van der Waals surface area contributed by atoms with E-state index in [1.54, 1.807) is 6.92 Å². The van der Waals surface area contributed by atoms with Crippen molar-refractivity contribution in [3.63, 3.8) is 0 Å². The number of ether oxygens (including phenoxy) is 2. The number of esters is 2. The van der Waals surface area contributed by atoms with E-state index in [9.17, 15) is 22.6 Å². The lowest BCUT2D eigenvalue weighted by Gasteiger charge is -2.18. The summed E-state index contributed by atoms with van der Waals surface area (Å²) >= 11 is 0. The Morgan fingerprint density at radius 2 is 1.35 bits per heavy atom. The molecule has 0 saturated carbocycles. The van der Waals surface area contributed by atoms with Crippen LogP contribution in [-0.4, -0.2) is 48.8 Å². The summed E-state index contributed by atoms with van der Waals surface area (Å²) in [5.41, 5.74) is 0.764. The Hall–Kier alpha value is -2.00. The van der Waals surface area contributed by atoms with Gasteiger partial charge in [-0.3, -0.25) is 4.57 Å². The van der Waals surface area contributed by atoms with Crippen molar-refractivity contribution in [3.05, 3.63) is 40.0 Å². The molecule has 0 aliphatic carbocycles. The van der Waals surface area contributed by atoms with E-state index in [0.29, 0.717) is 0 Å². The molecule has 0 N–H and O–H groups in total. The first kappa shape index (κ1) is 22.0. The van der Waals surface area contributed by atoms with Crippen LogP contribution < -0.4 is 0 Å². The standard InChI is InChI=1S/C15H19O9PS/c1-10-6-8-11(9-7-10)26(19,20)13(15(17)22-3)12(14(16)21-2)25(18,23-4)24-5/h6-9H,1-5H3/b13-12+. The van der Waals surface area contributed by atoms with Gasteiger partial charge in [0.05, 0.1) is 19.1 Å². The van der Waals surface area contributed by atoms with Crippen LogP contribution in [0.25, 0.3) is 0 Å². The summed E-state index contributed by atoms with van der Waals surface area (Å²) in [7, 11) is -5.41. The summed E-state index contributed by atoms with van der Waals surface area (Å²) < 4.78 is 57.1. The molecule has 0 heterocycles. The number of methoxy groups -OCH3 is 2. The summed E-state index contributed by atoms with van der Waals surface area (Å²) in [6.07, 6.45) is 0. The lowest BCUT2D eigenvalue weighted by molar-refractivity contribution is -0.138. The van der Waals surface area contributed by atoms with Gasteiger partial charge < -0.3 is 18.5 Å². The number of benzene rings is 1. The lowest BCUT2D eigenvalue weighted by atomic mass is 10.2. The van der Waals surface area contributed by atoms with Crippen molar-refractivity contribution in [1.29, 1.82) is 0 Å². The Kier molecular flexibility index (Phi) is 7.28. The van der Waals surface area contributed by atoms with Crippen molar-refractivity contribution in [2.75, 3.05) is 28.4 Å². The van der Waals surface area contributed by atoms with Crippen molar-refractivity contribution in [3.8, 4) is 0 Å². The average Bonchev–Trinajstić information content (AvgIpc) is 2.64. The maximum absolute atomic E-state index is 13.0. The number of carbonyl (C=O) groups is 2. The van der Waals surface area contributed by atoms with E-state index in [1.807, 2.05) is 0 Å². The van der Waals surface area contributed by atoms with Crippen LogP contribution in [0.15, 0.2) is 39.4 Å². The van der Waals surface area contributed by atoms with Gasteiger partial charge in [0.1, 0.15) is 0 Å². The van der Waals surface area contributed by atoms with E-state index in [0.717, 1.165) is 34.0 Å². The molecule has 0 radical (unpaired) electrons. The zero-order valence-corrected chi connectivity index (χ0v) is 16.6. The number of hydrogen-bond acceptors (Lipinski definition) is 9. The summed E-state index contributed by atoms with van der Waals surface area (Å²) in [6, 6.07) is 5.44. The normalized spacial score (nSPS) is 13.0. The first-order valence-electron chi connectivity index (χ1n) is 7.03. The molecule has 0 saturated heterocycles. The maximum Gasteiger partial charge on any atom is 0.369 e. The minimum Gasteiger partial charge on any atom is -0.465 e. The van der Waals surface area contributed by atoms with Crippen molar-refractivity contribution in [2.45, 2.75) is 11.8 Å². The second-order valence-electron chi connectivity index (χ2n) is 4.84. The first-order valence-corrected chi connectivity index (χ1v) is 10.1. The van der Waals surface area contributed by atoms with Crippen LogP contribution in [0.1, 0.15) is 5.56 Å². The fourth-order valence-electron chi connectivity index (χ4n) is 1.94. The molecule has 0 bridgehead atoms. The summed E-state index contributed by atoms with van der Waals surface area (Å²) in [6.45, 7) is 1.73. The summed E-state index contributed by atoms with van der Waals surface area (Å²) in [5, 5.41) is -1.07. The second kappa shape index (κ2) is 8.59. The molecule has 0 aliphatic rings. The number of sulfone groups is 1. The summed E-state index contributed by atoms with van der Waals surface area (Å²) in [4.78, 5) is 22.9. The fraction of sp³-hybridized carbons (Fsp3) is 0.333. The van der Waals surface area contributed by atoms with Crippen molar-refractivity contribution in [1.82, 2.24) is 0 Å². The van der Waals surface area contributed by atoms with Gasteiger partial charge in [-0.25, -0.2) is 18.0 Å². The van der Waals surface area contributed by atoms with Gasteiger partial charge in [0.25, 0.3) is 0 Å². The minimum absolute atomic E-state index is 0.316. The molecule has 0 aliphatic heterocycles.